The molecule has 0 bridgehead atoms. The fourth-order valence-electron chi connectivity index (χ4n) is 1.98. The zero-order chi connectivity index (χ0) is 11.7. The second kappa shape index (κ2) is 3.98. The van der Waals surface area contributed by atoms with Crippen molar-refractivity contribution in [3.63, 3.8) is 0 Å². The lowest BCUT2D eigenvalue weighted by Crippen LogP contribution is -1.84. The predicted octanol–water partition coefficient (Wildman–Crippen LogP) is 3.30. The van der Waals surface area contributed by atoms with Crippen LogP contribution in [0.4, 0.5) is 5.69 Å². The van der Waals surface area contributed by atoms with E-state index in [0.29, 0.717) is 6.61 Å². The van der Waals surface area contributed by atoms with Crippen molar-refractivity contribution in [2.45, 2.75) is 6.61 Å². The summed E-state index contributed by atoms with van der Waals surface area (Å²) in [6.07, 6.45) is 2.05. The Morgan fingerprint density at radius 2 is 1.76 bits per heavy atom. The van der Waals surface area contributed by atoms with E-state index in [4.69, 9.17) is 10.5 Å². The van der Waals surface area contributed by atoms with E-state index in [2.05, 4.69) is 12.1 Å². The molecule has 2 aromatic rings. The van der Waals surface area contributed by atoms with Crippen molar-refractivity contribution >= 4 is 17.5 Å². The van der Waals surface area contributed by atoms with Crippen LogP contribution in [0.5, 0.6) is 0 Å². The number of ether oxygens (including phenoxy) is 1. The summed E-state index contributed by atoms with van der Waals surface area (Å²) in [6.45, 7) is 0.664. The van der Waals surface area contributed by atoms with Crippen LogP contribution in [0.1, 0.15) is 16.7 Å². The van der Waals surface area contributed by atoms with E-state index in [-0.39, 0.29) is 0 Å². The van der Waals surface area contributed by atoms with Crippen molar-refractivity contribution in [1.82, 2.24) is 0 Å². The van der Waals surface area contributed by atoms with E-state index in [0.717, 1.165) is 17.0 Å². The number of benzene rings is 2. The highest BCUT2D eigenvalue weighted by Crippen LogP contribution is 2.30. The highest BCUT2D eigenvalue weighted by atomic mass is 16.5. The van der Waals surface area contributed by atoms with Gasteiger partial charge in [-0.25, -0.2) is 0 Å². The Morgan fingerprint density at radius 3 is 2.59 bits per heavy atom. The summed E-state index contributed by atoms with van der Waals surface area (Å²) < 4.78 is 5.69. The molecule has 1 heterocycles. The summed E-state index contributed by atoms with van der Waals surface area (Å²) in [5.41, 5.74) is 9.97. The standard InChI is InChI=1S/C15H13NO/c16-13-7-5-11(6-8-13)9-15-14-4-2-1-3-12(14)10-17-15/h1-9H,10,16H2/b15-9-. The van der Waals surface area contributed by atoms with Crippen LogP contribution in [0.2, 0.25) is 0 Å². The summed E-state index contributed by atoms with van der Waals surface area (Å²) in [6, 6.07) is 16.0. The molecule has 84 valence electrons. The van der Waals surface area contributed by atoms with Crippen molar-refractivity contribution in [1.29, 1.82) is 0 Å². The van der Waals surface area contributed by atoms with Gasteiger partial charge in [-0.15, -0.1) is 0 Å². The smallest absolute Gasteiger partial charge is 0.128 e. The van der Waals surface area contributed by atoms with Crippen molar-refractivity contribution in [3.8, 4) is 0 Å². The zero-order valence-corrected chi connectivity index (χ0v) is 9.39. The lowest BCUT2D eigenvalue weighted by atomic mass is 10.1. The van der Waals surface area contributed by atoms with Gasteiger partial charge in [0, 0.05) is 16.8 Å². The average Bonchev–Trinajstić information content (AvgIpc) is 2.76. The van der Waals surface area contributed by atoms with Crippen molar-refractivity contribution < 1.29 is 4.74 Å². The first kappa shape index (κ1) is 9.97. The molecule has 2 heteroatoms. The summed E-state index contributed by atoms with van der Waals surface area (Å²) in [5.74, 6) is 0.936. The summed E-state index contributed by atoms with van der Waals surface area (Å²) in [7, 11) is 0. The molecule has 0 amide bonds. The van der Waals surface area contributed by atoms with Gasteiger partial charge in [0.2, 0.25) is 0 Å². The Kier molecular flexibility index (Phi) is 2.33. The molecule has 0 saturated carbocycles. The predicted molar refractivity (Wildman–Crippen MR) is 70.0 cm³/mol. The molecule has 0 aliphatic carbocycles. The monoisotopic (exact) mass is 223 g/mol. The van der Waals surface area contributed by atoms with Gasteiger partial charge >= 0.3 is 0 Å². The molecule has 0 saturated heterocycles. The van der Waals surface area contributed by atoms with Gasteiger partial charge in [0.05, 0.1) is 0 Å². The van der Waals surface area contributed by atoms with Crippen LogP contribution in [0, 0.1) is 0 Å². The molecule has 2 nitrogen and oxygen atoms in total. The quantitative estimate of drug-likeness (QED) is 0.753. The highest BCUT2D eigenvalue weighted by Gasteiger charge is 2.16. The Labute approximate surface area is 100 Å². The molecule has 3 rings (SSSR count). The Bertz CT molecular complexity index is 570. The fraction of sp³-hybridized carbons (Fsp3) is 0.0667. The van der Waals surface area contributed by atoms with Gasteiger partial charge in [0.1, 0.15) is 12.4 Å². The van der Waals surface area contributed by atoms with Gasteiger partial charge in [-0.05, 0) is 23.8 Å². The van der Waals surface area contributed by atoms with Crippen molar-refractivity contribution in [3.05, 3.63) is 65.2 Å². The SMILES string of the molecule is Nc1ccc(/C=C2\OCc3ccccc32)cc1. The van der Waals surface area contributed by atoms with Gasteiger partial charge in [-0.2, -0.15) is 0 Å². The largest absolute Gasteiger partial charge is 0.488 e. The maximum absolute atomic E-state index is 5.69. The van der Waals surface area contributed by atoms with E-state index in [9.17, 15) is 0 Å². The number of anilines is 1. The molecule has 0 fully saturated rings. The maximum atomic E-state index is 5.69. The van der Waals surface area contributed by atoms with Crippen LogP contribution in [0.15, 0.2) is 48.5 Å². The van der Waals surface area contributed by atoms with Crippen LogP contribution >= 0.6 is 0 Å². The second-order valence-corrected chi connectivity index (χ2v) is 4.12. The number of hydrogen-bond donors (Lipinski definition) is 1. The van der Waals surface area contributed by atoms with E-state index in [1.165, 1.54) is 11.1 Å². The van der Waals surface area contributed by atoms with Crippen LogP contribution < -0.4 is 5.73 Å². The number of nitrogen functional groups attached to an aromatic ring is 1. The molecule has 0 atom stereocenters. The molecule has 2 N–H and O–H groups in total. The number of nitrogens with two attached hydrogens (primary N) is 1. The van der Waals surface area contributed by atoms with Crippen molar-refractivity contribution in [2.75, 3.05) is 5.73 Å². The molecule has 0 spiro atoms. The Balaban J connectivity index is 1.99. The highest BCUT2D eigenvalue weighted by molar-refractivity contribution is 5.80. The number of hydrogen-bond acceptors (Lipinski definition) is 2. The van der Waals surface area contributed by atoms with Gasteiger partial charge < -0.3 is 10.5 Å². The molecule has 0 aromatic heterocycles. The van der Waals surface area contributed by atoms with Crippen molar-refractivity contribution in [2.24, 2.45) is 0 Å². The minimum absolute atomic E-state index is 0.664. The zero-order valence-electron chi connectivity index (χ0n) is 9.39. The molecule has 1 aliphatic heterocycles. The summed E-state index contributed by atoms with van der Waals surface area (Å²) in [4.78, 5) is 0. The minimum Gasteiger partial charge on any atom is -0.488 e. The lowest BCUT2D eigenvalue weighted by molar-refractivity contribution is 0.287. The fourth-order valence-corrected chi connectivity index (χ4v) is 1.98. The molecule has 1 aliphatic rings. The average molecular weight is 223 g/mol. The molecular weight excluding hydrogens is 210 g/mol. The topological polar surface area (TPSA) is 35.2 Å². The third-order valence-corrected chi connectivity index (χ3v) is 2.90. The summed E-state index contributed by atoms with van der Waals surface area (Å²) in [5, 5.41) is 0. The van der Waals surface area contributed by atoms with Crippen LogP contribution in [0.3, 0.4) is 0 Å². The van der Waals surface area contributed by atoms with E-state index < -0.39 is 0 Å². The number of fused-ring (bicyclic) bond motifs is 1. The molecule has 2 aromatic carbocycles. The van der Waals surface area contributed by atoms with E-state index in [1.807, 2.05) is 42.5 Å². The van der Waals surface area contributed by atoms with Gasteiger partial charge in [0.15, 0.2) is 0 Å². The first-order valence-corrected chi connectivity index (χ1v) is 5.61. The second-order valence-electron chi connectivity index (χ2n) is 4.12. The third kappa shape index (κ3) is 1.89. The minimum atomic E-state index is 0.664. The molecule has 0 unspecified atom stereocenters. The summed E-state index contributed by atoms with van der Waals surface area (Å²) >= 11 is 0. The molecule has 17 heavy (non-hydrogen) atoms. The Morgan fingerprint density at radius 1 is 1.00 bits per heavy atom. The molecular formula is C15H13NO. The lowest BCUT2D eigenvalue weighted by Gasteiger charge is -2.00. The number of rotatable bonds is 1. The van der Waals surface area contributed by atoms with E-state index in [1.54, 1.807) is 0 Å². The van der Waals surface area contributed by atoms with E-state index >= 15 is 0 Å². The third-order valence-electron chi connectivity index (χ3n) is 2.90. The van der Waals surface area contributed by atoms with Gasteiger partial charge in [-0.3, -0.25) is 0 Å². The van der Waals surface area contributed by atoms with Crippen LogP contribution in [0.25, 0.3) is 11.8 Å². The van der Waals surface area contributed by atoms with Crippen LogP contribution in [-0.4, -0.2) is 0 Å². The Hall–Kier alpha value is -2.22. The van der Waals surface area contributed by atoms with Gasteiger partial charge in [0.25, 0.3) is 0 Å². The first-order chi connectivity index (χ1) is 8.33. The normalized spacial score (nSPS) is 15.6. The maximum Gasteiger partial charge on any atom is 0.128 e. The molecule has 0 radical (unpaired) electrons. The van der Waals surface area contributed by atoms with Crippen LogP contribution in [-0.2, 0) is 11.3 Å². The first-order valence-electron chi connectivity index (χ1n) is 5.61. The van der Waals surface area contributed by atoms with Gasteiger partial charge in [-0.1, -0.05) is 36.4 Å².